The molecule has 0 aliphatic heterocycles. The summed E-state index contributed by atoms with van der Waals surface area (Å²) in [5.74, 6) is 0. The SMILES string of the molecule is CC.Cc1coc(I)n1. The Morgan fingerprint density at radius 1 is 1.56 bits per heavy atom. The molecule has 1 aromatic rings. The van der Waals surface area contributed by atoms with Crippen LogP contribution in [0.5, 0.6) is 0 Å². The van der Waals surface area contributed by atoms with Crippen molar-refractivity contribution in [3.63, 3.8) is 0 Å². The van der Waals surface area contributed by atoms with E-state index in [1.165, 1.54) is 0 Å². The highest BCUT2D eigenvalue weighted by molar-refractivity contribution is 14.1. The number of aryl methyl sites for hydroxylation is 1. The Labute approximate surface area is 68.8 Å². The molecular weight excluding hydrogens is 229 g/mol. The maximum Gasteiger partial charge on any atom is 0.257 e. The van der Waals surface area contributed by atoms with Crippen molar-refractivity contribution in [3.05, 3.63) is 15.9 Å². The van der Waals surface area contributed by atoms with Crippen LogP contribution in [0, 0.1) is 10.8 Å². The Morgan fingerprint density at radius 2 is 2.11 bits per heavy atom. The molecule has 1 aromatic heterocycles. The Balaban J connectivity index is 0.000000291. The summed E-state index contributed by atoms with van der Waals surface area (Å²) in [5.41, 5.74) is 0.935. The first-order valence-electron chi connectivity index (χ1n) is 2.86. The van der Waals surface area contributed by atoms with Crippen molar-refractivity contribution in [1.82, 2.24) is 4.98 Å². The summed E-state index contributed by atoms with van der Waals surface area (Å²) in [6.07, 6.45) is 1.63. The van der Waals surface area contributed by atoms with Gasteiger partial charge in [0, 0.05) is 22.6 Å². The average molecular weight is 239 g/mol. The van der Waals surface area contributed by atoms with E-state index in [4.69, 9.17) is 4.42 Å². The molecule has 0 N–H and O–H groups in total. The quantitative estimate of drug-likeness (QED) is 0.650. The van der Waals surface area contributed by atoms with Crippen LogP contribution in [0.25, 0.3) is 0 Å². The fraction of sp³-hybridized carbons (Fsp3) is 0.500. The molecule has 0 spiro atoms. The second-order valence-electron chi connectivity index (χ2n) is 1.24. The number of aromatic nitrogens is 1. The lowest BCUT2D eigenvalue weighted by Gasteiger charge is -1.66. The number of nitrogens with zero attached hydrogens (tertiary/aromatic N) is 1. The molecule has 0 fully saturated rings. The van der Waals surface area contributed by atoms with Crippen molar-refractivity contribution < 1.29 is 4.42 Å². The van der Waals surface area contributed by atoms with Crippen LogP contribution in [-0.4, -0.2) is 4.98 Å². The molecule has 0 unspecified atom stereocenters. The lowest BCUT2D eigenvalue weighted by atomic mass is 10.6. The Morgan fingerprint density at radius 3 is 2.22 bits per heavy atom. The maximum atomic E-state index is 4.84. The topological polar surface area (TPSA) is 26.0 Å². The molecule has 0 saturated heterocycles. The minimum absolute atomic E-state index is 0.704. The van der Waals surface area contributed by atoms with Crippen LogP contribution >= 0.6 is 22.6 Å². The van der Waals surface area contributed by atoms with Gasteiger partial charge in [-0.3, -0.25) is 0 Å². The molecule has 0 radical (unpaired) electrons. The molecule has 52 valence electrons. The molecule has 0 amide bonds. The highest BCUT2D eigenvalue weighted by Gasteiger charge is 1.89. The van der Waals surface area contributed by atoms with Gasteiger partial charge in [0.25, 0.3) is 3.90 Å². The predicted molar refractivity (Wildman–Crippen MR) is 45.3 cm³/mol. The maximum absolute atomic E-state index is 4.84. The Bertz CT molecular complexity index is 145. The van der Waals surface area contributed by atoms with E-state index in [-0.39, 0.29) is 0 Å². The molecule has 0 bridgehead atoms. The first-order chi connectivity index (χ1) is 4.29. The zero-order chi connectivity index (χ0) is 7.28. The third kappa shape index (κ3) is 3.51. The van der Waals surface area contributed by atoms with Gasteiger partial charge in [-0.15, -0.1) is 0 Å². The van der Waals surface area contributed by atoms with Gasteiger partial charge in [0.05, 0.1) is 5.69 Å². The van der Waals surface area contributed by atoms with E-state index in [0.717, 1.165) is 5.69 Å². The number of hydrogen-bond acceptors (Lipinski definition) is 2. The summed E-state index contributed by atoms with van der Waals surface area (Å²) >= 11 is 2.02. The monoisotopic (exact) mass is 239 g/mol. The fourth-order valence-corrected chi connectivity index (χ4v) is 0.833. The number of rotatable bonds is 0. The van der Waals surface area contributed by atoms with E-state index in [2.05, 4.69) is 4.98 Å². The minimum Gasteiger partial charge on any atom is -0.440 e. The zero-order valence-corrected chi connectivity index (χ0v) is 7.97. The van der Waals surface area contributed by atoms with E-state index < -0.39 is 0 Å². The third-order valence-corrected chi connectivity index (χ3v) is 1.09. The van der Waals surface area contributed by atoms with Crippen molar-refractivity contribution in [2.24, 2.45) is 0 Å². The fourth-order valence-electron chi connectivity index (χ4n) is 0.325. The van der Waals surface area contributed by atoms with Gasteiger partial charge in [0.1, 0.15) is 6.26 Å². The van der Waals surface area contributed by atoms with Crippen molar-refractivity contribution in [2.75, 3.05) is 0 Å². The second kappa shape index (κ2) is 4.78. The van der Waals surface area contributed by atoms with Crippen LogP contribution < -0.4 is 0 Å². The summed E-state index contributed by atoms with van der Waals surface area (Å²) in [5, 5.41) is 0. The third-order valence-electron chi connectivity index (χ3n) is 0.591. The summed E-state index contributed by atoms with van der Waals surface area (Å²) in [7, 11) is 0. The number of halogens is 1. The van der Waals surface area contributed by atoms with E-state index >= 15 is 0 Å². The highest BCUT2D eigenvalue weighted by atomic mass is 127. The number of oxazole rings is 1. The molecular formula is C6H10INO. The van der Waals surface area contributed by atoms with Crippen molar-refractivity contribution in [1.29, 1.82) is 0 Å². The highest BCUT2D eigenvalue weighted by Crippen LogP contribution is 2.01. The number of hydrogen-bond donors (Lipinski definition) is 0. The summed E-state index contributed by atoms with van der Waals surface area (Å²) in [6.45, 7) is 5.89. The van der Waals surface area contributed by atoms with Gasteiger partial charge in [-0.25, -0.2) is 4.98 Å². The molecule has 0 saturated carbocycles. The summed E-state index contributed by atoms with van der Waals surface area (Å²) in [6, 6.07) is 0. The van der Waals surface area contributed by atoms with Gasteiger partial charge in [-0.1, -0.05) is 13.8 Å². The van der Waals surface area contributed by atoms with Gasteiger partial charge < -0.3 is 4.42 Å². The Kier molecular flexibility index (Phi) is 4.75. The minimum atomic E-state index is 0.704. The van der Waals surface area contributed by atoms with Crippen LogP contribution in [0.1, 0.15) is 19.5 Å². The lowest BCUT2D eigenvalue weighted by Crippen LogP contribution is -1.66. The standard InChI is InChI=1S/C4H4INO.C2H6/c1-3-2-7-4(5)6-3;1-2/h2H,1H3;1-2H3. The van der Waals surface area contributed by atoms with Crippen LogP contribution in [0.15, 0.2) is 10.7 Å². The summed E-state index contributed by atoms with van der Waals surface area (Å²) < 4.78 is 5.54. The smallest absolute Gasteiger partial charge is 0.257 e. The van der Waals surface area contributed by atoms with E-state index in [1.807, 2.05) is 43.4 Å². The molecule has 9 heavy (non-hydrogen) atoms. The Hall–Kier alpha value is -0.0600. The van der Waals surface area contributed by atoms with E-state index in [1.54, 1.807) is 6.26 Å². The first-order valence-corrected chi connectivity index (χ1v) is 3.94. The van der Waals surface area contributed by atoms with Crippen molar-refractivity contribution in [3.8, 4) is 0 Å². The van der Waals surface area contributed by atoms with E-state index in [9.17, 15) is 0 Å². The van der Waals surface area contributed by atoms with Crippen LogP contribution in [0.3, 0.4) is 0 Å². The molecule has 0 aliphatic rings. The molecule has 2 nitrogen and oxygen atoms in total. The van der Waals surface area contributed by atoms with Crippen LogP contribution in [0.4, 0.5) is 0 Å². The van der Waals surface area contributed by atoms with Crippen molar-refractivity contribution >= 4 is 22.6 Å². The lowest BCUT2D eigenvalue weighted by molar-refractivity contribution is 0.525. The van der Waals surface area contributed by atoms with E-state index in [0.29, 0.717) is 3.90 Å². The molecule has 1 rings (SSSR count). The molecule has 1 heterocycles. The van der Waals surface area contributed by atoms with Gasteiger partial charge in [-0.2, -0.15) is 0 Å². The zero-order valence-electron chi connectivity index (χ0n) is 5.81. The van der Waals surface area contributed by atoms with Crippen molar-refractivity contribution in [2.45, 2.75) is 20.8 Å². The van der Waals surface area contributed by atoms with Crippen LogP contribution in [0.2, 0.25) is 0 Å². The van der Waals surface area contributed by atoms with Crippen LogP contribution in [-0.2, 0) is 0 Å². The second-order valence-corrected chi connectivity index (χ2v) is 2.16. The molecule has 0 atom stereocenters. The predicted octanol–water partition coefficient (Wildman–Crippen LogP) is 2.61. The summed E-state index contributed by atoms with van der Waals surface area (Å²) in [4.78, 5) is 3.93. The molecule has 3 heteroatoms. The van der Waals surface area contributed by atoms with Gasteiger partial charge in [-0.05, 0) is 6.92 Å². The van der Waals surface area contributed by atoms with Gasteiger partial charge >= 0.3 is 0 Å². The molecule has 0 aromatic carbocycles. The normalized spacial score (nSPS) is 8.00. The van der Waals surface area contributed by atoms with Gasteiger partial charge in [0.2, 0.25) is 0 Å². The van der Waals surface area contributed by atoms with Gasteiger partial charge in [0.15, 0.2) is 0 Å². The average Bonchev–Trinajstić information content (AvgIpc) is 2.20. The molecule has 0 aliphatic carbocycles. The largest absolute Gasteiger partial charge is 0.440 e. The first kappa shape index (κ1) is 8.94.